The highest BCUT2D eigenvalue weighted by atomic mass is 16.2. The van der Waals surface area contributed by atoms with Crippen molar-refractivity contribution in [2.45, 2.75) is 50.5 Å². The normalized spacial score (nSPS) is 19.7. The van der Waals surface area contributed by atoms with Gasteiger partial charge in [-0.3, -0.25) is 10.1 Å². The summed E-state index contributed by atoms with van der Waals surface area (Å²) < 4.78 is 1.97. The Morgan fingerprint density at radius 2 is 1.86 bits per heavy atom. The van der Waals surface area contributed by atoms with E-state index in [0.29, 0.717) is 11.9 Å². The Hall–Kier alpha value is -2.95. The van der Waals surface area contributed by atoms with E-state index in [4.69, 9.17) is 0 Å². The van der Waals surface area contributed by atoms with Crippen LogP contribution in [0.15, 0.2) is 54.6 Å². The minimum Gasteiger partial charge on any atom is -0.292 e. The Balaban J connectivity index is 1.33. The number of nitrogens with zero attached hydrogens (tertiary/aromatic N) is 3. The molecule has 1 amide bonds. The predicted molar refractivity (Wildman–Crippen MR) is 108 cm³/mol. The molecule has 1 fully saturated rings. The number of amides is 1. The smallest absolute Gasteiger partial charge is 0.249 e. The number of carbonyl (C=O) groups is 1. The van der Waals surface area contributed by atoms with Crippen molar-refractivity contribution in [1.82, 2.24) is 14.8 Å². The molecule has 1 atom stereocenters. The van der Waals surface area contributed by atoms with Crippen molar-refractivity contribution in [3.05, 3.63) is 77.1 Å². The van der Waals surface area contributed by atoms with Crippen LogP contribution in [-0.4, -0.2) is 20.7 Å². The Kier molecular flexibility index (Phi) is 4.04. The number of benzene rings is 2. The fourth-order valence-electron chi connectivity index (χ4n) is 4.41. The van der Waals surface area contributed by atoms with Gasteiger partial charge in [-0.1, -0.05) is 54.6 Å². The minimum atomic E-state index is -0.406. The molecular formula is C23H24N4O. The van der Waals surface area contributed by atoms with Gasteiger partial charge in [-0.2, -0.15) is 4.98 Å². The predicted octanol–water partition coefficient (Wildman–Crippen LogP) is 3.99. The topological polar surface area (TPSA) is 59.8 Å². The van der Waals surface area contributed by atoms with Crippen molar-refractivity contribution in [3.63, 3.8) is 0 Å². The van der Waals surface area contributed by atoms with Gasteiger partial charge < -0.3 is 0 Å². The Bertz CT molecular complexity index is 1020. The number of anilines is 1. The molecule has 5 rings (SSSR count). The summed E-state index contributed by atoms with van der Waals surface area (Å²) in [6.07, 6.45) is 3.70. The van der Waals surface area contributed by atoms with Crippen molar-refractivity contribution in [2.24, 2.45) is 0 Å². The summed E-state index contributed by atoms with van der Waals surface area (Å²) >= 11 is 0. The Morgan fingerprint density at radius 3 is 2.61 bits per heavy atom. The zero-order chi connectivity index (χ0) is 19.1. The van der Waals surface area contributed by atoms with Gasteiger partial charge in [0, 0.05) is 18.9 Å². The second-order valence-electron chi connectivity index (χ2n) is 8.03. The van der Waals surface area contributed by atoms with Gasteiger partial charge in [0.15, 0.2) is 0 Å². The third-order valence-electron chi connectivity index (χ3n) is 6.22. The maximum absolute atomic E-state index is 12.9. The molecule has 1 aliphatic carbocycles. The zero-order valence-electron chi connectivity index (χ0n) is 16.1. The minimum absolute atomic E-state index is 0.0112. The lowest BCUT2D eigenvalue weighted by Gasteiger charge is -2.24. The van der Waals surface area contributed by atoms with Crippen molar-refractivity contribution in [1.29, 1.82) is 0 Å². The van der Waals surface area contributed by atoms with Gasteiger partial charge >= 0.3 is 0 Å². The zero-order valence-corrected chi connectivity index (χ0v) is 16.1. The molecule has 0 spiro atoms. The quantitative estimate of drug-likeness (QED) is 0.753. The van der Waals surface area contributed by atoms with E-state index in [0.717, 1.165) is 43.6 Å². The number of rotatable bonds is 4. The Labute approximate surface area is 164 Å². The SMILES string of the molecule is Cc1ccccc1C1CCc2nc(NC(=O)C3(c4ccccc4)CC3)nn2C1. The van der Waals surface area contributed by atoms with Crippen molar-refractivity contribution in [2.75, 3.05) is 5.32 Å². The number of aromatic nitrogens is 3. The molecule has 3 aromatic rings. The van der Waals surface area contributed by atoms with E-state index in [1.165, 1.54) is 11.1 Å². The number of carbonyl (C=O) groups excluding carboxylic acids is 1. The van der Waals surface area contributed by atoms with Gasteiger partial charge in [-0.15, -0.1) is 5.10 Å². The molecule has 0 saturated heterocycles. The van der Waals surface area contributed by atoms with Gasteiger partial charge in [0.2, 0.25) is 11.9 Å². The van der Waals surface area contributed by atoms with Crippen LogP contribution in [0.3, 0.4) is 0 Å². The molecule has 2 aromatic carbocycles. The van der Waals surface area contributed by atoms with E-state index >= 15 is 0 Å². The third-order valence-corrected chi connectivity index (χ3v) is 6.22. The number of hydrogen-bond donors (Lipinski definition) is 1. The van der Waals surface area contributed by atoms with Gasteiger partial charge in [0.1, 0.15) is 5.82 Å². The summed E-state index contributed by atoms with van der Waals surface area (Å²) in [5.74, 6) is 1.85. The van der Waals surface area contributed by atoms with Crippen LogP contribution < -0.4 is 5.32 Å². The van der Waals surface area contributed by atoms with Gasteiger partial charge in [-0.05, 0) is 42.9 Å². The average Bonchev–Trinajstić information content (AvgIpc) is 3.44. The molecule has 5 nitrogen and oxygen atoms in total. The maximum Gasteiger partial charge on any atom is 0.249 e. The van der Waals surface area contributed by atoms with Crippen LogP contribution in [0.2, 0.25) is 0 Å². The van der Waals surface area contributed by atoms with Crippen LogP contribution >= 0.6 is 0 Å². The first-order valence-corrected chi connectivity index (χ1v) is 10.0. The van der Waals surface area contributed by atoms with Crippen molar-refractivity contribution >= 4 is 11.9 Å². The van der Waals surface area contributed by atoms with Crippen LogP contribution in [0.5, 0.6) is 0 Å². The molecule has 5 heteroatoms. The highest BCUT2D eigenvalue weighted by molar-refractivity contribution is 6.00. The summed E-state index contributed by atoms with van der Waals surface area (Å²) in [6, 6.07) is 18.6. The van der Waals surface area contributed by atoms with Crippen LogP contribution in [0.1, 0.15) is 47.7 Å². The van der Waals surface area contributed by atoms with Crippen LogP contribution in [-0.2, 0) is 23.2 Å². The first kappa shape index (κ1) is 17.2. The summed E-state index contributed by atoms with van der Waals surface area (Å²) in [7, 11) is 0. The fraction of sp³-hybridized carbons (Fsp3) is 0.348. The first-order chi connectivity index (χ1) is 13.7. The molecule has 1 aromatic heterocycles. The van der Waals surface area contributed by atoms with E-state index in [-0.39, 0.29) is 5.91 Å². The molecule has 2 aliphatic rings. The van der Waals surface area contributed by atoms with Crippen molar-refractivity contribution < 1.29 is 4.79 Å². The lowest BCUT2D eigenvalue weighted by molar-refractivity contribution is -0.118. The lowest BCUT2D eigenvalue weighted by Crippen LogP contribution is -2.28. The largest absolute Gasteiger partial charge is 0.292 e. The van der Waals surface area contributed by atoms with E-state index < -0.39 is 5.41 Å². The van der Waals surface area contributed by atoms with Crippen molar-refractivity contribution in [3.8, 4) is 0 Å². The molecule has 1 aliphatic heterocycles. The van der Waals surface area contributed by atoms with Gasteiger partial charge in [0.05, 0.1) is 5.41 Å². The summed E-state index contributed by atoms with van der Waals surface area (Å²) in [6.45, 7) is 2.98. The third kappa shape index (κ3) is 2.91. The standard InChI is InChI=1S/C23H24N4O/c1-16-7-5-6-10-19(16)17-11-12-20-24-22(26-27(20)15-17)25-21(28)23(13-14-23)18-8-3-2-4-9-18/h2-10,17H,11-15H2,1H3,(H,25,26,28). The monoisotopic (exact) mass is 372 g/mol. The molecular weight excluding hydrogens is 348 g/mol. The average molecular weight is 372 g/mol. The summed E-state index contributed by atoms with van der Waals surface area (Å²) in [5.41, 5.74) is 3.38. The molecule has 1 saturated carbocycles. The van der Waals surface area contributed by atoms with Crippen LogP contribution in [0.25, 0.3) is 0 Å². The summed E-state index contributed by atoms with van der Waals surface area (Å²) in [4.78, 5) is 17.5. The number of nitrogens with one attached hydrogen (secondary N) is 1. The maximum atomic E-state index is 12.9. The first-order valence-electron chi connectivity index (χ1n) is 10.0. The van der Waals surface area contributed by atoms with Gasteiger partial charge in [0.25, 0.3) is 0 Å². The molecule has 142 valence electrons. The number of aryl methyl sites for hydroxylation is 2. The van der Waals surface area contributed by atoms with Crippen LogP contribution in [0.4, 0.5) is 5.95 Å². The molecule has 2 heterocycles. The molecule has 1 unspecified atom stereocenters. The van der Waals surface area contributed by atoms with E-state index in [1.54, 1.807) is 0 Å². The van der Waals surface area contributed by atoms with Gasteiger partial charge in [-0.25, -0.2) is 4.68 Å². The second-order valence-corrected chi connectivity index (χ2v) is 8.03. The number of fused-ring (bicyclic) bond motifs is 1. The fourth-order valence-corrected chi connectivity index (χ4v) is 4.41. The molecule has 1 N–H and O–H groups in total. The lowest BCUT2D eigenvalue weighted by atomic mass is 9.89. The summed E-state index contributed by atoms with van der Waals surface area (Å²) in [5, 5.41) is 7.59. The molecule has 0 bridgehead atoms. The highest BCUT2D eigenvalue weighted by Crippen LogP contribution is 2.48. The van der Waals surface area contributed by atoms with E-state index in [1.807, 2.05) is 35.0 Å². The Morgan fingerprint density at radius 1 is 1.11 bits per heavy atom. The molecule has 28 heavy (non-hydrogen) atoms. The molecule has 0 radical (unpaired) electrons. The second kappa shape index (κ2) is 6.59. The van der Waals surface area contributed by atoms with Crippen LogP contribution in [0, 0.1) is 6.92 Å². The number of hydrogen-bond acceptors (Lipinski definition) is 3. The van der Waals surface area contributed by atoms with E-state index in [9.17, 15) is 4.79 Å². The highest BCUT2D eigenvalue weighted by Gasteiger charge is 2.51. The van der Waals surface area contributed by atoms with E-state index in [2.05, 4.69) is 46.6 Å².